The molecule has 4 heteroatoms. The van der Waals surface area contributed by atoms with Gasteiger partial charge in [-0.2, -0.15) is 0 Å². The summed E-state index contributed by atoms with van der Waals surface area (Å²) in [5.41, 5.74) is 0. The quantitative estimate of drug-likeness (QED) is 0.761. The Balaban J connectivity index is 1.86. The van der Waals surface area contributed by atoms with Gasteiger partial charge in [0.15, 0.2) is 0 Å². The molecule has 2 heterocycles. The number of carbonyl (C=O) groups excluding carboxylic acids is 1. The molecular weight excluding hydrogens is 226 g/mol. The lowest BCUT2D eigenvalue weighted by Crippen LogP contribution is -2.60. The number of nitrogens with zero attached hydrogens (tertiary/aromatic N) is 2. The van der Waals surface area contributed by atoms with E-state index >= 15 is 0 Å². The molecule has 2 aliphatic rings. The van der Waals surface area contributed by atoms with Crippen molar-refractivity contribution in [3.8, 4) is 0 Å². The van der Waals surface area contributed by atoms with E-state index in [9.17, 15) is 4.79 Å². The van der Waals surface area contributed by atoms with E-state index in [0.29, 0.717) is 24.4 Å². The minimum absolute atomic E-state index is 0.327. The van der Waals surface area contributed by atoms with Crippen molar-refractivity contribution in [2.24, 2.45) is 0 Å². The Morgan fingerprint density at radius 2 is 2.17 bits per heavy atom. The van der Waals surface area contributed by atoms with Gasteiger partial charge in [-0.05, 0) is 32.9 Å². The lowest BCUT2D eigenvalue weighted by atomic mass is 9.97. The number of hydrogen-bond donors (Lipinski definition) is 1. The monoisotopic (exact) mass is 253 g/mol. The van der Waals surface area contributed by atoms with Crippen LogP contribution in [0.25, 0.3) is 0 Å². The van der Waals surface area contributed by atoms with E-state index in [0.717, 1.165) is 26.2 Å². The third-order valence-electron chi connectivity index (χ3n) is 4.27. The molecule has 2 unspecified atom stereocenters. The molecule has 2 atom stereocenters. The first kappa shape index (κ1) is 13.8. The van der Waals surface area contributed by atoms with Crippen LogP contribution < -0.4 is 5.32 Å². The first-order valence-corrected chi connectivity index (χ1v) is 7.46. The van der Waals surface area contributed by atoms with Gasteiger partial charge in [0, 0.05) is 38.1 Å². The number of piperidine rings is 1. The zero-order valence-electron chi connectivity index (χ0n) is 11.8. The van der Waals surface area contributed by atoms with Crippen molar-refractivity contribution in [1.82, 2.24) is 15.1 Å². The van der Waals surface area contributed by atoms with Crippen molar-refractivity contribution in [3.63, 3.8) is 0 Å². The van der Waals surface area contributed by atoms with E-state index in [1.165, 1.54) is 25.8 Å². The molecule has 0 radical (unpaired) electrons. The maximum Gasteiger partial charge on any atom is 0.224 e. The topological polar surface area (TPSA) is 35.6 Å². The van der Waals surface area contributed by atoms with E-state index in [4.69, 9.17) is 0 Å². The maximum absolute atomic E-state index is 12.2. The Kier molecular flexibility index (Phi) is 5.01. The van der Waals surface area contributed by atoms with Gasteiger partial charge in [0.2, 0.25) is 5.91 Å². The van der Waals surface area contributed by atoms with Crippen LogP contribution in [-0.2, 0) is 4.79 Å². The number of rotatable bonds is 4. The fourth-order valence-electron chi connectivity index (χ4n) is 3.22. The fraction of sp³-hybridized carbons (Fsp3) is 0.929. The highest BCUT2D eigenvalue weighted by atomic mass is 16.2. The number of amides is 1. The van der Waals surface area contributed by atoms with E-state index in [1.54, 1.807) is 0 Å². The number of nitrogens with one attached hydrogen (secondary N) is 1. The number of fused-ring (bicyclic) bond motifs is 1. The van der Waals surface area contributed by atoms with Crippen molar-refractivity contribution in [2.45, 2.75) is 51.6 Å². The van der Waals surface area contributed by atoms with Gasteiger partial charge in [-0.25, -0.2) is 0 Å². The van der Waals surface area contributed by atoms with Crippen LogP contribution in [0.2, 0.25) is 0 Å². The number of piperazine rings is 1. The predicted octanol–water partition coefficient (Wildman–Crippen LogP) is 1.07. The van der Waals surface area contributed by atoms with E-state index in [-0.39, 0.29) is 0 Å². The molecule has 2 saturated heterocycles. The van der Waals surface area contributed by atoms with Gasteiger partial charge >= 0.3 is 0 Å². The standard InChI is InChI=1S/C14H27N3O/c1-3-15-8-7-14(18)17-11-13-6-4-5-9-16(13)10-12(17)2/h12-13,15H,3-11H2,1-2H3. The Labute approximate surface area is 111 Å². The Morgan fingerprint density at radius 1 is 1.33 bits per heavy atom. The SMILES string of the molecule is CCNCCC(=O)N1CC2CCCCN2CC1C. The first-order chi connectivity index (χ1) is 8.72. The minimum Gasteiger partial charge on any atom is -0.337 e. The predicted molar refractivity (Wildman–Crippen MR) is 73.5 cm³/mol. The summed E-state index contributed by atoms with van der Waals surface area (Å²) in [6, 6.07) is 1.01. The lowest BCUT2D eigenvalue weighted by Gasteiger charge is -2.47. The van der Waals surface area contributed by atoms with Gasteiger partial charge in [-0.3, -0.25) is 9.69 Å². The summed E-state index contributed by atoms with van der Waals surface area (Å²) in [4.78, 5) is 16.9. The molecule has 4 nitrogen and oxygen atoms in total. The molecule has 1 amide bonds. The zero-order valence-corrected chi connectivity index (χ0v) is 11.8. The molecule has 2 rings (SSSR count). The van der Waals surface area contributed by atoms with Gasteiger partial charge in [-0.15, -0.1) is 0 Å². The molecule has 0 aromatic carbocycles. The molecule has 0 bridgehead atoms. The molecular formula is C14H27N3O. The molecule has 104 valence electrons. The summed E-state index contributed by atoms with van der Waals surface area (Å²) in [5.74, 6) is 0.327. The van der Waals surface area contributed by atoms with E-state index in [2.05, 4.69) is 29.0 Å². The molecule has 0 aromatic heterocycles. The summed E-state index contributed by atoms with van der Waals surface area (Å²) >= 11 is 0. The highest BCUT2D eigenvalue weighted by Gasteiger charge is 2.34. The van der Waals surface area contributed by atoms with Crippen LogP contribution in [0.15, 0.2) is 0 Å². The Hall–Kier alpha value is -0.610. The smallest absolute Gasteiger partial charge is 0.224 e. The average molecular weight is 253 g/mol. The minimum atomic E-state index is 0.327. The molecule has 0 saturated carbocycles. The summed E-state index contributed by atoms with van der Waals surface area (Å²) in [6.07, 6.45) is 4.57. The van der Waals surface area contributed by atoms with Crippen LogP contribution in [0, 0.1) is 0 Å². The zero-order chi connectivity index (χ0) is 13.0. The molecule has 0 aliphatic carbocycles. The Bertz CT molecular complexity index is 282. The van der Waals surface area contributed by atoms with Crippen LogP contribution in [0.3, 0.4) is 0 Å². The van der Waals surface area contributed by atoms with Gasteiger partial charge in [0.05, 0.1) is 0 Å². The molecule has 0 aromatic rings. The second-order valence-corrected chi connectivity index (χ2v) is 5.64. The van der Waals surface area contributed by atoms with Crippen molar-refractivity contribution in [3.05, 3.63) is 0 Å². The summed E-state index contributed by atoms with van der Waals surface area (Å²) in [6.45, 7) is 9.27. The van der Waals surface area contributed by atoms with Crippen LogP contribution in [-0.4, -0.2) is 60.5 Å². The van der Waals surface area contributed by atoms with Gasteiger partial charge in [-0.1, -0.05) is 13.3 Å². The van der Waals surface area contributed by atoms with E-state index < -0.39 is 0 Å². The van der Waals surface area contributed by atoms with Gasteiger partial charge in [0.25, 0.3) is 0 Å². The fourth-order valence-corrected chi connectivity index (χ4v) is 3.22. The van der Waals surface area contributed by atoms with Crippen LogP contribution in [0.5, 0.6) is 0 Å². The average Bonchev–Trinajstić information content (AvgIpc) is 2.38. The molecule has 1 N–H and O–H groups in total. The number of carbonyl (C=O) groups is 1. The van der Waals surface area contributed by atoms with E-state index in [1.807, 2.05) is 0 Å². The summed E-state index contributed by atoms with van der Waals surface area (Å²) in [7, 11) is 0. The van der Waals surface area contributed by atoms with Gasteiger partial charge in [0.1, 0.15) is 0 Å². The second kappa shape index (κ2) is 6.53. The lowest BCUT2D eigenvalue weighted by molar-refractivity contribution is -0.138. The van der Waals surface area contributed by atoms with Crippen LogP contribution in [0.4, 0.5) is 0 Å². The third-order valence-corrected chi connectivity index (χ3v) is 4.27. The molecule has 18 heavy (non-hydrogen) atoms. The maximum atomic E-state index is 12.2. The van der Waals surface area contributed by atoms with Crippen molar-refractivity contribution in [2.75, 3.05) is 32.7 Å². The molecule has 2 aliphatic heterocycles. The van der Waals surface area contributed by atoms with Crippen LogP contribution in [0.1, 0.15) is 39.5 Å². The van der Waals surface area contributed by atoms with Crippen molar-refractivity contribution in [1.29, 1.82) is 0 Å². The molecule has 2 fully saturated rings. The van der Waals surface area contributed by atoms with Crippen molar-refractivity contribution < 1.29 is 4.79 Å². The van der Waals surface area contributed by atoms with Crippen molar-refractivity contribution >= 4 is 5.91 Å². The second-order valence-electron chi connectivity index (χ2n) is 5.64. The normalized spacial score (nSPS) is 29.1. The molecule has 0 spiro atoms. The number of hydrogen-bond acceptors (Lipinski definition) is 3. The first-order valence-electron chi connectivity index (χ1n) is 7.46. The largest absolute Gasteiger partial charge is 0.337 e. The summed E-state index contributed by atoms with van der Waals surface area (Å²) in [5, 5.41) is 3.23. The highest BCUT2D eigenvalue weighted by molar-refractivity contribution is 5.77. The highest BCUT2D eigenvalue weighted by Crippen LogP contribution is 2.24. The summed E-state index contributed by atoms with van der Waals surface area (Å²) < 4.78 is 0. The van der Waals surface area contributed by atoms with Crippen LogP contribution >= 0.6 is 0 Å². The third kappa shape index (κ3) is 3.23. The Morgan fingerprint density at radius 3 is 2.94 bits per heavy atom. The van der Waals surface area contributed by atoms with Gasteiger partial charge < -0.3 is 10.2 Å².